The molecule has 0 saturated heterocycles. The molecule has 0 radical (unpaired) electrons. The molecule has 0 amide bonds. The summed E-state index contributed by atoms with van der Waals surface area (Å²) in [6.07, 6.45) is 0. The van der Waals surface area contributed by atoms with Gasteiger partial charge in [0, 0.05) is 19.0 Å². The molecule has 0 aliphatic carbocycles. The molecule has 2 nitrogen and oxygen atoms in total. The molecule has 0 N–H and O–H groups in total. The zero-order chi connectivity index (χ0) is 12.7. The van der Waals surface area contributed by atoms with Gasteiger partial charge in [0.1, 0.15) is 12.4 Å². The van der Waals surface area contributed by atoms with Crippen molar-refractivity contribution in [1.82, 2.24) is 4.90 Å². The summed E-state index contributed by atoms with van der Waals surface area (Å²) in [5.74, 6) is 1.63. The van der Waals surface area contributed by atoms with Crippen LogP contribution in [0.5, 0.6) is 5.75 Å². The van der Waals surface area contributed by atoms with E-state index in [1.165, 1.54) is 11.1 Å². The second-order valence-electron chi connectivity index (χ2n) is 4.22. The summed E-state index contributed by atoms with van der Waals surface area (Å²) in [5, 5.41) is 0. The normalized spacial score (nSPS) is 10.3. The van der Waals surface area contributed by atoms with E-state index in [0.717, 1.165) is 25.4 Å². The number of ether oxygens (including phenoxy) is 1. The van der Waals surface area contributed by atoms with Crippen LogP contribution in [0.4, 0.5) is 0 Å². The Hall–Kier alpha value is -0.440. The molecule has 1 rings (SSSR count). The van der Waals surface area contributed by atoms with Gasteiger partial charge in [0.15, 0.2) is 0 Å². The Morgan fingerprint density at radius 1 is 1.17 bits per heavy atom. The fourth-order valence-electron chi connectivity index (χ4n) is 1.64. The Kier molecular flexibility index (Phi) is 9.25. The van der Waals surface area contributed by atoms with Crippen LogP contribution in [0.2, 0.25) is 0 Å². The van der Waals surface area contributed by atoms with E-state index in [-0.39, 0.29) is 12.4 Å². The first kappa shape index (κ1) is 17.6. The Morgan fingerprint density at radius 2 is 1.89 bits per heavy atom. The van der Waals surface area contributed by atoms with Gasteiger partial charge in [-0.1, -0.05) is 13.0 Å². The zero-order valence-electron chi connectivity index (χ0n) is 11.4. The number of nitrogens with zero attached hydrogens (tertiary/aromatic N) is 1. The highest BCUT2D eigenvalue weighted by molar-refractivity contribution is 6.18. The molecule has 4 heteroatoms. The molecule has 0 unspecified atom stereocenters. The van der Waals surface area contributed by atoms with Gasteiger partial charge in [-0.3, -0.25) is 4.90 Å². The van der Waals surface area contributed by atoms with Crippen LogP contribution in [-0.2, 0) is 0 Å². The molecule has 0 saturated carbocycles. The molecule has 1 aromatic rings. The quantitative estimate of drug-likeness (QED) is 0.711. The van der Waals surface area contributed by atoms with Crippen molar-refractivity contribution in [2.45, 2.75) is 20.8 Å². The molecule has 0 aliphatic heterocycles. The van der Waals surface area contributed by atoms with Crippen LogP contribution in [-0.4, -0.2) is 37.0 Å². The molecule has 0 atom stereocenters. The highest BCUT2D eigenvalue weighted by atomic mass is 35.5. The minimum atomic E-state index is 0. The molecule has 18 heavy (non-hydrogen) atoms. The second kappa shape index (κ2) is 9.48. The van der Waals surface area contributed by atoms with Crippen molar-refractivity contribution < 1.29 is 4.74 Å². The molecule has 104 valence electrons. The molecule has 0 spiro atoms. The van der Waals surface area contributed by atoms with Gasteiger partial charge in [-0.2, -0.15) is 0 Å². The third kappa shape index (κ3) is 5.94. The Labute approximate surface area is 122 Å². The summed E-state index contributed by atoms with van der Waals surface area (Å²) in [5.41, 5.74) is 2.57. The van der Waals surface area contributed by atoms with Crippen molar-refractivity contribution in [1.29, 1.82) is 0 Å². The number of hydrogen-bond donors (Lipinski definition) is 0. The molecular weight excluding hydrogens is 269 g/mol. The van der Waals surface area contributed by atoms with E-state index < -0.39 is 0 Å². The lowest BCUT2D eigenvalue weighted by Crippen LogP contribution is -2.30. The number of likely N-dealkylation sites (N-methyl/N-ethyl adjacent to an activating group) is 1. The van der Waals surface area contributed by atoms with Gasteiger partial charge in [0.2, 0.25) is 0 Å². The van der Waals surface area contributed by atoms with Crippen LogP contribution in [0.1, 0.15) is 18.1 Å². The van der Waals surface area contributed by atoms with Gasteiger partial charge in [-0.05, 0) is 43.7 Å². The smallest absolute Gasteiger partial charge is 0.119 e. The Morgan fingerprint density at radius 3 is 2.44 bits per heavy atom. The monoisotopic (exact) mass is 291 g/mol. The fraction of sp³-hybridized carbons (Fsp3) is 0.571. The van der Waals surface area contributed by atoms with Gasteiger partial charge in [0.25, 0.3) is 0 Å². The van der Waals surface area contributed by atoms with Crippen LogP contribution in [0.25, 0.3) is 0 Å². The molecular formula is C14H23Cl2NO. The maximum Gasteiger partial charge on any atom is 0.119 e. The van der Waals surface area contributed by atoms with Crippen LogP contribution >= 0.6 is 24.0 Å². The standard InChI is InChI=1S/C14H22ClNO.ClH/c1-4-16(8-7-15)9-10-17-14-6-5-12(2)13(3)11-14;/h5-6,11H,4,7-10H2,1-3H3;1H. The predicted octanol–water partition coefficient (Wildman–Crippen LogP) is 3.66. The number of hydrogen-bond acceptors (Lipinski definition) is 2. The average molecular weight is 292 g/mol. The molecule has 0 fully saturated rings. The number of alkyl halides is 1. The van der Waals surface area contributed by atoms with Crippen molar-refractivity contribution in [3.05, 3.63) is 29.3 Å². The SMILES string of the molecule is CCN(CCCl)CCOc1ccc(C)c(C)c1.Cl. The molecule has 0 heterocycles. The predicted molar refractivity (Wildman–Crippen MR) is 81.5 cm³/mol. The maximum atomic E-state index is 5.74. The highest BCUT2D eigenvalue weighted by Crippen LogP contribution is 2.16. The lowest BCUT2D eigenvalue weighted by molar-refractivity contribution is 0.223. The zero-order valence-corrected chi connectivity index (χ0v) is 13.0. The third-order valence-electron chi connectivity index (χ3n) is 3.00. The third-order valence-corrected chi connectivity index (χ3v) is 3.17. The van der Waals surface area contributed by atoms with Crippen LogP contribution in [0, 0.1) is 13.8 Å². The van der Waals surface area contributed by atoms with E-state index in [9.17, 15) is 0 Å². The van der Waals surface area contributed by atoms with Gasteiger partial charge >= 0.3 is 0 Å². The van der Waals surface area contributed by atoms with Crippen molar-refractivity contribution in [3.8, 4) is 5.75 Å². The lowest BCUT2D eigenvalue weighted by atomic mass is 10.1. The van der Waals surface area contributed by atoms with Crippen LogP contribution < -0.4 is 4.74 Å². The molecule has 0 aromatic heterocycles. The summed E-state index contributed by atoms with van der Waals surface area (Å²) >= 11 is 5.73. The highest BCUT2D eigenvalue weighted by Gasteiger charge is 2.02. The molecule has 0 aliphatic rings. The Balaban J connectivity index is 0.00000289. The number of halogens is 2. The van der Waals surface area contributed by atoms with E-state index in [2.05, 4.69) is 37.8 Å². The number of benzene rings is 1. The first-order chi connectivity index (χ1) is 8.17. The van der Waals surface area contributed by atoms with Gasteiger partial charge < -0.3 is 4.74 Å². The first-order valence-corrected chi connectivity index (χ1v) is 6.69. The first-order valence-electron chi connectivity index (χ1n) is 6.15. The maximum absolute atomic E-state index is 5.74. The van der Waals surface area contributed by atoms with Crippen molar-refractivity contribution in [3.63, 3.8) is 0 Å². The lowest BCUT2D eigenvalue weighted by Gasteiger charge is -2.19. The van der Waals surface area contributed by atoms with Crippen LogP contribution in [0.15, 0.2) is 18.2 Å². The van der Waals surface area contributed by atoms with E-state index in [1.807, 2.05) is 6.07 Å². The summed E-state index contributed by atoms with van der Waals surface area (Å²) in [7, 11) is 0. The van der Waals surface area contributed by atoms with E-state index in [0.29, 0.717) is 12.5 Å². The minimum Gasteiger partial charge on any atom is -0.492 e. The largest absolute Gasteiger partial charge is 0.492 e. The van der Waals surface area contributed by atoms with E-state index >= 15 is 0 Å². The van der Waals surface area contributed by atoms with E-state index in [1.54, 1.807) is 0 Å². The molecule has 0 bridgehead atoms. The fourth-order valence-corrected chi connectivity index (χ4v) is 1.88. The summed E-state index contributed by atoms with van der Waals surface area (Å²) in [4.78, 5) is 2.29. The van der Waals surface area contributed by atoms with Crippen molar-refractivity contribution >= 4 is 24.0 Å². The van der Waals surface area contributed by atoms with Gasteiger partial charge in [-0.25, -0.2) is 0 Å². The van der Waals surface area contributed by atoms with Gasteiger partial charge in [-0.15, -0.1) is 24.0 Å². The summed E-state index contributed by atoms with van der Waals surface area (Å²) in [6.45, 7) is 9.94. The summed E-state index contributed by atoms with van der Waals surface area (Å²) in [6, 6.07) is 6.22. The average Bonchev–Trinajstić information content (AvgIpc) is 2.32. The molecule has 1 aromatic carbocycles. The summed E-state index contributed by atoms with van der Waals surface area (Å²) < 4.78 is 5.74. The minimum absolute atomic E-state index is 0. The number of rotatable bonds is 7. The Bertz CT molecular complexity index is 345. The second-order valence-corrected chi connectivity index (χ2v) is 4.60. The van der Waals surface area contributed by atoms with Crippen molar-refractivity contribution in [2.75, 3.05) is 32.1 Å². The topological polar surface area (TPSA) is 12.5 Å². The van der Waals surface area contributed by atoms with Crippen molar-refractivity contribution in [2.24, 2.45) is 0 Å². The van der Waals surface area contributed by atoms with Crippen LogP contribution in [0.3, 0.4) is 0 Å². The van der Waals surface area contributed by atoms with Gasteiger partial charge in [0.05, 0.1) is 0 Å². The van der Waals surface area contributed by atoms with E-state index in [4.69, 9.17) is 16.3 Å². The number of aryl methyl sites for hydroxylation is 2.